The molecule has 3 heterocycles. The quantitative estimate of drug-likeness (QED) is 0.867. The third kappa shape index (κ3) is 2.29. The predicted octanol–water partition coefficient (Wildman–Crippen LogP) is 0.442. The molecule has 0 atom stereocenters. The molecular formula is C15H16N4O2. The number of fused-ring (bicyclic) bond motifs is 1. The van der Waals surface area contributed by atoms with Crippen molar-refractivity contribution in [1.29, 1.82) is 0 Å². The molecule has 2 aromatic heterocycles. The molecule has 2 N–H and O–H groups in total. The number of aromatic nitrogens is 2. The summed E-state index contributed by atoms with van der Waals surface area (Å²) in [6.45, 7) is 1.20. The zero-order valence-electron chi connectivity index (χ0n) is 11.7. The van der Waals surface area contributed by atoms with Crippen LogP contribution in [0.25, 0.3) is 0 Å². The van der Waals surface area contributed by atoms with Crippen LogP contribution in [-0.4, -0.2) is 22.0 Å². The predicted molar refractivity (Wildman–Crippen MR) is 79.2 cm³/mol. The summed E-state index contributed by atoms with van der Waals surface area (Å²) >= 11 is 0. The number of anilines is 1. The zero-order valence-corrected chi connectivity index (χ0v) is 11.7. The first-order valence-corrected chi connectivity index (χ1v) is 6.74. The molecule has 3 rings (SSSR count). The van der Waals surface area contributed by atoms with E-state index >= 15 is 0 Å². The molecule has 21 heavy (non-hydrogen) atoms. The molecule has 0 aliphatic carbocycles. The minimum Gasteiger partial charge on any atom is -0.366 e. The molecule has 1 aliphatic rings. The molecule has 0 saturated carbocycles. The summed E-state index contributed by atoms with van der Waals surface area (Å²) in [7, 11) is 1.74. The van der Waals surface area contributed by atoms with Gasteiger partial charge in [-0.05, 0) is 24.1 Å². The molecule has 0 saturated heterocycles. The van der Waals surface area contributed by atoms with Gasteiger partial charge < -0.3 is 15.2 Å². The molecule has 6 nitrogen and oxygen atoms in total. The van der Waals surface area contributed by atoms with Gasteiger partial charge >= 0.3 is 0 Å². The molecule has 0 spiro atoms. The molecule has 6 heteroatoms. The van der Waals surface area contributed by atoms with Crippen LogP contribution >= 0.6 is 0 Å². The van der Waals surface area contributed by atoms with E-state index in [-0.39, 0.29) is 5.56 Å². The molecule has 0 unspecified atom stereocenters. The van der Waals surface area contributed by atoms with Crippen molar-refractivity contribution in [2.45, 2.75) is 13.0 Å². The van der Waals surface area contributed by atoms with Crippen molar-refractivity contribution in [3.8, 4) is 0 Å². The Morgan fingerprint density at radius 1 is 1.38 bits per heavy atom. The number of carbonyl (C=O) groups is 1. The van der Waals surface area contributed by atoms with E-state index in [1.165, 1.54) is 0 Å². The largest absolute Gasteiger partial charge is 0.366 e. The number of amides is 1. The Hall–Kier alpha value is -2.63. The lowest BCUT2D eigenvalue weighted by Crippen LogP contribution is -2.37. The number of carbonyl (C=O) groups excluding carboxylic acids is 1. The normalized spacial score (nSPS) is 13.9. The van der Waals surface area contributed by atoms with Gasteiger partial charge in [0.15, 0.2) is 0 Å². The van der Waals surface area contributed by atoms with Crippen molar-refractivity contribution in [1.82, 2.24) is 9.55 Å². The molecular weight excluding hydrogens is 268 g/mol. The molecule has 1 amide bonds. The topological polar surface area (TPSA) is 81.2 Å². The monoisotopic (exact) mass is 284 g/mol. The Labute approximate surface area is 121 Å². The number of hydrogen-bond donors (Lipinski definition) is 1. The molecule has 0 bridgehead atoms. The SMILES string of the molecule is Cn1ccc2c(c1=O)CN(c1cnccc1C(N)=O)CC2. The van der Waals surface area contributed by atoms with Gasteiger partial charge in [0.25, 0.3) is 11.5 Å². The van der Waals surface area contributed by atoms with Crippen molar-refractivity contribution in [2.75, 3.05) is 11.4 Å². The Morgan fingerprint density at radius 2 is 2.19 bits per heavy atom. The van der Waals surface area contributed by atoms with Gasteiger partial charge in [-0.3, -0.25) is 14.6 Å². The lowest BCUT2D eigenvalue weighted by molar-refractivity contribution is 0.100. The van der Waals surface area contributed by atoms with Crippen molar-refractivity contribution < 1.29 is 4.79 Å². The number of rotatable bonds is 2. The maximum Gasteiger partial charge on any atom is 0.255 e. The van der Waals surface area contributed by atoms with Crippen molar-refractivity contribution in [3.05, 3.63) is 57.8 Å². The van der Waals surface area contributed by atoms with E-state index in [4.69, 9.17) is 5.73 Å². The first kappa shape index (κ1) is 13.4. The Balaban J connectivity index is 2.03. The van der Waals surface area contributed by atoms with Gasteiger partial charge in [-0.1, -0.05) is 0 Å². The third-order valence-electron chi connectivity index (χ3n) is 3.87. The number of pyridine rings is 2. The average molecular weight is 284 g/mol. The van der Waals surface area contributed by atoms with E-state index in [1.807, 2.05) is 11.0 Å². The fourth-order valence-corrected chi connectivity index (χ4v) is 2.70. The van der Waals surface area contributed by atoms with Crippen LogP contribution in [0.5, 0.6) is 0 Å². The lowest BCUT2D eigenvalue weighted by Gasteiger charge is -2.31. The summed E-state index contributed by atoms with van der Waals surface area (Å²) in [5.74, 6) is -0.487. The second-order valence-electron chi connectivity index (χ2n) is 5.16. The number of aryl methyl sites for hydroxylation is 1. The minimum absolute atomic E-state index is 0.00159. The number of hydrogen-bond acceptors (Lipinski definition) is 4. The number of nitrogens with two attached hydrogens (primary N) is 1. The van der Waals surface area contributed by atoms with Gasteiger partial charge in [0.1, 0.15) is 0 Å². The highest BCUT2D eigenvalue weighted by atomic mass is 16.1. The minimum atomic E-state index is -0.487. The van der Waals surface area contributed by atoms with Crippen LogP contribution in [0, 0.1) is 0 Å². The van der Waals surface area contributed by atoms with Crippen molar-refractivity contribution in [3.63, 3.8) is 0 Å². The van der Waals surface area contributed by atoms with E-state index in [0.717, 1.165) is 24.1 Å². The summed E-state index contributed by atoms with van der Waals surface area (Å²) in [4.78, 5) is 29.8. The smallest absolute Gasteiger partial charge is 0.255 e. The van der Waals surface area contributed by atoms with Crippen LogP contribution in [0.4, 0.5) is 5.69 Å². The van der Waals surface area contributed by atoms with Gasteiger partial charge in [0.05, 0.1) is 17.4 Å². The maximum absolute atomic E-state index is 12.2. The summed E-state index contributed by atoms with van der Waals surface area (Å²) < 4.78 is 1.57. The van der Waals surface area contributed by atoms with Crippen LogP contribution in [0.1, 0.15) is 21.5 Å². The van der Waals surface area contributed by atoms with E-state index in [1.54, 1.807) is 36.3 Å². The van der Waals surface area contributed by atoms with Gasteiger partial charge in [0, 0.05) is 38.1 Å². The number of nitrogens with zero attached hydrogens (tertiary/aromatic N) is 3. The fraction of sp³-hybridized carbons (Fsp3) is 0.267. The molecule has 0 fully saturated rings. The summed E-state index contributed by atoms with van der Waals surface area (Å²) in [6.07, 6.45) is 5.72. The molecule has 0 radical (unpaired) electrons. The Kier molecular flexibility index (Phi) is 3.21. The van der Waals surface area contributed by atoms with E-state index in [2.05, 4.69) is 4.98 Å². The first-order chi connectivity index (χ1) is 10.1. The van der Waals surface area contributed by atoms with E-state index in [9.17, 15) is 9.59 Å². The molecule has 2 aromatic rings. The van der Waals surface area contributed by atoms with Gasteiger partial charge in [-0.15, -0.1) is 0 Å². The van der Waals surface area contributed by atoms with Crippen LogP contribution < -0.4 is 16.2 Å². The summed E-state index contributed by atoms with van der Waals surface area (Å²) in [5, 5.41) is 0. The van der Waals surface area contributed by atoms with Gasteiger partial charge in [-0.25, -0.2) is 0 Å². The zero-order chi connectivity index (χ0) is 15.0. The van der Waals surface area contributed by atoms with Crippen molar-refractivity contribution in [2.24, 2.45) is 12.8 Å². The highest BCUT2D eigenvalue weighted by Crippen LogP contribution is 2.24. The first-order valence-electron chi connectivity index (χ1n) is 6.74. The fourth-order valence-electron chi connectivity index (χ4n) is 2.70. The molecule has 1 aliphatic heterocycles. The highest BCUT2D eigenvalue weighted by Gasteiger charge is 2.22. The Morgan fingerprint density at radius 3 is 2.95 bits per heavy atom. The highest BCUT2D eigenvalue weighted by molar-refractivity contribution is 5.98. The second kappa shape index (κ2) is 5.05. The summed E-state index contributed by atoms with van der Waals surface area (Å²) in [5.41, 5.74) is 8.36. The Bertz CT molecular complexity index is 767. The molecule has 108 valence electrons. The second-order valence-corrected chi connectivity index (χ2v) is 5.16. The maximum atomic E-state index is 12.2. The van der Waals surface area contributed by atoms with Crippen LogP contribution in [0.3, 0.4) is 0 Å². The summed E-state index contributed by atoms with van der Waals surface area (Å²) in [6, 6.07) is 3.59. The van der Waals surface area contributed by atoms with E-state index in [0.29, 0.717) is 17.8 Å². The standard InChI is InChI=1S/C15H16N4O2/c1-18-6-3-10-4-7-19(9-12(10)15(18)21)13-8-17-5-2-11(13)14(16)20/h2-3,5-6,8H,4,7,9H2,1H3,(H2,16,20). The average Bonchev–Trinajstić information content (AvgIpc) is 2.51. The molecule has 0 aromatic carbocycles. The lowest BCUT2D eigenvalue weighted by atomic mass is 10.0. The van der Waals surface area contributed by atoms with Crippen LogP contribution in [0.15, 0.2) is 35.5 Å². The van der Waals surface area contributed by atoms with Gasteiger partial charge in [-0.2, -0.15) is 0 Å². The van der Waals surface area contributed by atoms with Crippen molar-refractivity contribution >= 4 is 11.6 Å². The van der Waals surface area contributed by atoms with Crippen LogP contribution in [-0.2, 0) is 20.0 Å². The van der Waals surface area contributed by atoms with Gasteiger partial charge in [0.2, 0.25) is 0 Å². The number of primary amides is 1. The van der Waals surface area contributed by atoms with Crippen LogP contribution in [0.2, 0.25) is 0 Å². The van der Waals surface area contributed by atoms with E-state index < -0.39 is 5.91 Å². The third-order valence-corrected chi connectivity index (χ3v) is 3.87.